The molecule has 1 aromatic carbocycles. The molecular weight excluding hydrogens is 218 g/mol. The molecule has 1 aliphatic heterocycles. The highest BCUT2D eigenvalue weighted by Crippen LogP contribution is 2.30. The van der Waals surface area contributed by atoms with Crippen LogP contribution in [0.15, 0.2) is 24.3 Å². The van der Waals surface area contributed by atoms with Gasteiger partial charge in [0.15, 0.2) is 0 Å². The van der Waals surface area contributed by atoms with Gasteiger partial charge in [-0.15, -0.1) is 0 Å². The zero-order chi connectivity index (χ0) is 12.3. The van der Waals surface area contributed by atoms with Crippen molar-refractivity contribution in [3.8, 4) is 0 Å². The average Bonchev–Trinajstić information content (AvgIpc) is 2.39. The molecule has 0 aromatic heterocycles. The number of rotatable bonds is 2. The highest BCUT2D eigenvalue weighted by molar-refractivity contribution is 5.66. The van der Waals surface area contributed by atoms with E-state index in [9.17, 15) is 4.79 Å². The molecule has 1 fully saturated rings. The highest BCUT2D eigenvalue weighted by atomic mass is 16.4. The molecule has 1 aromatic rings. The minimum Gasteiger partial charge on any atom is -0.465 e. The fraction of sp³-hybridized carbons (Fsp3) is 0.462. The summed E-state index contributed by atoms with van der Waals surface area (Å²) >= 11 is 0. The fourth-order valence-electron chi connectivity index (χ4n) is 2.35. The van der Waals surface area contributed by atoms with E-state index in [-0.39, 0.29) is 12.6 Å². The molecule has 1 aliphatic rings. The van der Waals surface area contributed by atoms with Crippen LogP contribution in [-0.2, 0) is 6.61 Å². The number of carboxylic acid groups (broad SMARTS) is 1. The van der Waals surface area contributed by atoms with Gasteiger partial charge < -0.3 is 15.1 Å². The number of likely N-dealkylation sites (tertiary alicyclic amines) is 1. The number of carbonyl (C=O) groups is 1. The Labute approximate surface area is 100 Å². The van der Waals surface area contributed by atoms with E-state index in [0.717, 1.165) is 30.4 Å². The molecule has 4 heteroatoms. The van der Waals surface area contributed by atoms with Gasteiger partial charge in [-0.2, -0.15) is 0 Å². The van der Waals surface area contributed by atoms with E-state index in [1.165, 1.54) is 4.90 Å². The van der Waals surface area contributed by atoms with Crippen molar-refractivity contribution in [3.05, 3.63) is 35.4 Å². The van der Waals surface area contributed by atoms with Crippen LogP contribution in [0.5, 0.6) is 0 Å². The van der Waals surface area contributed by atoms with E-state index >= 15 is 0 Å². The zero-order valence-corrected chi connectivity index (χ0v) is 9.67. The van der Waals surface area contributed by atoms with Crippen molar-refractivity contribution in [2.24, 2.45) is 0 Å². The van der Waals surface area contributed by atoms with Crippen molar-refractivity contribution < 1.29 is 15.0 Å². The largest absolute Gasteiger partial charge is 0.465 e. The van der Waals surface area contributed by atoms with E-state index in [4.69, 9.17) is 10.2 Å². The molecule has 17 heavy (non-hydrogen) atoms. The van der Waals surface area contributed by atoms with Gasteiger partial charge >= 0.3 is 6.09 Å². The standard InChI is InChI=1S/C13H17NO3/c15-9-10-4-6-11(7-5-10)12-3-1-2-8-14(12)13(16)17/h4-7,12,15H,1-3,8-9H2,(H,16,17). The Balaban J connectivity index is 2.20. The van der Waals surface area contributed by atoms with Crippen LogP contribution < -0.4 is 0 Å². The van der Waals surface area contributed by atoms with E-state index in [2.05, 4.69) is 0 Å². The number of nitrogens with zero attached hydrogens (tertiary/aromatic N) is 1. The second kappa shape index (κ2) is 5.19. The maximum Gasteiger partial charge on any atom is 0.407 e. The van der Waals surface area contributed by atoms with Gasteiger partial charge in [0, 0.05) is 6.54 Å². The van der Waals surface area contributed by atoms with Gasteiger partial charge in [0.25, 0.3) is 0 Å². The summed E-state index contributed by atoms with van der Waals surface area (Å²) in [4.78, 5) is 12.7. The number of hydrogen-bond donors (Lipinski definition) is 2. The molecule has 0 saturated carbocycles. The van der Waals surface area contributed by atoms with Crippen LogP contribution in [0.1, 0.15) is 36.4 Å². The molecule has 0 radical (unpaired) electrons. The second-order valence-corrected chi connectivity index (χ2v) is 4.39. The first kappa shape index (κ1) is 11.9. The third-order valence-electron chi connectivity index (χ3n) is 3.30. The lowest BCUT2D eigenvalue weighted by Crippen LogP contribution is -2.37. The summed E-state index contributed by atoms with van der Waals surface area (Å²) in [7, 11) is 0. The molecule has 0 aliphatic carbocycles. The lowest BCUT2D eigenvalue weighted by Gasteiger charge is -2.33. The van der Waals surface area contributed by atoms with E-state index in [1.54, 1.807) is 0 Å². The van der Waals surface area contributed by atoms with Gasteiger partial charge in [0.05, 0.1) is 12.6 Å². The minimum absolute atomic E-state index is 0.0214. The summed E-state index contributed by atoms with van der Waals surface area (Å²) in [5.74, 6) is 0. The van der Waals surface area contributed by atoms with Crippen LogP contribution in [0.3, 0.4) is 0 Å². The van der Waals surface area contributed by atoms with E-state index < -0.39 is 6.09 Å². The van der Waals surface area contributed by atoms with Crippen LogP contribution in [0, 0.1) is 0 Å². The summed E-state index contributed by atoms with van der Waals surface area (Å²) in [6, 6.07) is 7.50. The number of aliphatic hydroxyl groups is 1. The fourth-order valence-corrected chi connectivity index (χ4v) is 2.35. The lowest BCUT2D eigenvalue weighted by molar-refractivity contribution is 0.106. The third kappa shape index (κ3) is 2.58. The number of amides is 1. The van der Waals surface area contributed by atoms with Gasteiger partial charge in [0.1, 0.15) is 0 Å². The molecule has 2 rings (SSSR count). The van der Waals surface area contributed by atoms with E-state index in [1.807, 2.05) is 24.3 Å². The summed E-state index contributed by atoms with van der Waals surface area (Å²) in [5.41, 5.74) is 1.87. The topological polar surface area (TPSA) is 60.8 Å². The molecule has 1 heterocycles. The zero-order valence-electron chi connectivity index (χ0n) is 9.67. The van der Waals surface area contributed by atoms with Crippen LogP contribution in [0.25, 0.3) is 0 Å². The van der Waals surface area contributed by atoms with Gasteiger partial charge in [0.2, 0.25) is 0 Å². The molecule has 1 unspecified atom stereocenters. The third-order valence-corrected chi connectivity index (χ3v) is 3.30. The number of aliphatic hydroxyl groups excluding tert-OH is 1. The van der Waals surface area contributed by atoms with Crippen LogP contribution >= 0.6 is 0 Å². The first-order valence-corrected chi connectivity index (χ1v) is 5.91. The molecule has 4 nitrogen and oxygen atoms in total. The minimum atomic E-state index is -0.846. The van der Waals surface area contributed by atoms with Crippen molar-refractivity contribution in [2.75, 3.05) is 6.54 Å². The Hall–Kier alpha value is -1.55. The normalized spacial score (nSPS) is 20.3. The van der Waals surface area contributed by atoms with Gasteiger partial charge in [-0.05, 0) is 30.4 Å². The first-order chi connectivity index (χ1) is 8.22. The molecule has 1 saturated heterocycles. The first-order valence-electron chi connectivity index (χ1n) is 5.91. The van der Waals surface area contributed by atoms with Crippen LogP contribution in [0.2, 0.25) is 0 Å². The average molecular weight is 235 g/mol. The molecule has 92 valence electrons. The Morgan fingerprint density at radius 3 is 2.59 bits per heavy atom. The SMILES string of the molecule is O=C(O)N1CCCCC1c1ccc(CO)cc1. The Bertz CT molecular complexity index is 388. The van der Waals surface area contributed by atoms with Crippen LogP contribution in [0.4, 0.5) is 4.79 Å². The van der Waals surface area contributed by atoms with Gasteiger partial charge in [-0.3, -0.25) is 0 Å². The molecule has 0 bridgehead atoms. The highest BCUT2D eigenvalue weighted by Gasteiger charge is 2.27. The quantitative estimate of drug-likeness (QED) is 0.827. The molecule has 2 N–H and O–H groups in total. The number of piperidine rings is 1. The summed E-state index contributed by atoms with van der Waals surface area (Å²) in [6.07, 6.45) is 2.04. The summed E-state index contributed by atoms with van der Waals surface area (Å²) in [6.45, 7) is 0.634. The lowest BCUT2D eigenvalue weighted by atomic mass is 9.95. The van der Waals surface area contributed by atoms with E-state index in [0.29, 0.717) is 6.54 Å². The monoisotopic (exact) mass is 235 g/mol. The molecule has 0 spiro atoms. The Kier molecular flexibility index (Phi) is 3.64. The Morgan fingerprint density at radius 1 is 1.29 bits per heavy atom. The van der Waals surface area contributed by atoms with Crippen molar-refractivity contribution >= 4 is 6.09 Å². The Morgan fingerprint density at radius 2 is 2.00 bits per heavy atom. The summed E-state index contributed by atoms with van der Waals surface area (Å²) < 4.78 is 0. The van der Waals surface area contributed by atoms with Crippen LogP contribution in [-0.4, -0.2) is 27.8 Å². The number of hydrogen-bond acceptors (Lipinski definition) is 2. The predicted molar refractivity (Wildman–Crippen MR) is 63.7 cm³/mol. The van der Waals surface area contributed by atoms with Crippen molar-refractivity contribution in [1.29, 1.82) is 0 Å². The predicted octanol–water partition coefficient (Wildman–Crippen LogP) is 2.38. The number of benzene rings is 1. The smallest absolute Gasteiger partial charge is 0.407 e. The van der Waals surface area contributed by atoms with Crippen molar-refractivity contribution in [1.82, 2.24) is 4.90 Å². The molecule has 1 atom stereocenters. The maximum absolute atomic E-state index is 11.1. The maximum atomic E-state index is 11.1. The summed E-state index contributed by atoms with van der Waals surface area (Å²) in [5, 5.41) is 18.1. The second-order valence-electron chi connectivity index (χ2n) is 4.39. The van der Waals surface area contributed by atoms with Crippen molar-refractivity contribution in [2.45, 2.75) is 31.9 Å². The van der Waals surface area contributed by atoms with Gasteiger partial charge in [-0.25, -0.2) is 4.79 Å². The molecular formula is C13H17NO3. The van der Waals surface area contributed by atoms with Crippen molar-refractivity contribution in [3.63, 3.8) is 0 Å². The van der Waals surface area contributed by atoms with Gasteiger partial charge in [-0.1, -0.05) is 24.3 Å². The molecule has 1 amide bonds.